The molecule has 0 amide bonds. The Morgan fingerprint density at radius 1 is 0.743 bits per heavy atom. The highest BCUT2D eigenvalue weighted by Crippen LogP contribution is 2.14. The van der Waals surface area contributed by atoms with Gasteiger partial charge in [0, 0.05) is 0 Å². The molecule has 2 aromatic rings. The SMILES string of the molecule is CS(=O)(=O)ON=C(C#N)C=Cc1ccc(Cc2ccc(C=CC(C#N)=NOS(C)(=O)=O)cc2)cc1. The van der Waals surface area contributed by atoms with E-state index in [-0.39, 0.29) is 11.4 Å². The fourth-order valence-electron chi connectivity index (χ4n) is 2.47. The van der Waals surface area contributed by atoms with Crippen molar-refractivity contribution in [3.63, 3.8) is 0 Å². The van der Waals surface area contributed by atoms with Crippen LogP contribution in [-0.2, 0) is 35.2 Å². The molecule has 0 N–H and O–H groups in total. The molecule has 0 aliphatic carbocycles. The Morgan fingerprint density at radius 2 is 1.09 bits per heavy atom. The predicted octanol–water partition coefficient (Wildman–Crippen LogP) is 3.02. The maximum Gasteiger partial charge on any atom is 0.325 e. The molecule has 0 aromatic heterocycles. The van der Waals surface area contributed by atoms with Gasteiger partial charge in [0.2, 0.25) is 0 Å². The van der Waals surface area contributed by atoms with Gasteiger partial charge in [-0.15, -0.1) is 0 Å². The summed E-state index contributed by atoms with van der Waals surface area (Å²) < 4.78 is 52.3. The van der Waals surface area contributed by atoms with Crippen LogP contribution in [0.15, 0.2) is 71.0 Å². The molecule has 0 aliphatic rings. The van der Waals surface area contributed by atoms with Crippen LogP contribution in [0.4, 0.5) is 0 Å². The van der Waals surface area contributed by atoms with Crippen molar-refractivity contribution in [2.45, 2.75) is 6.42 Å². The van der Waals surface area contributed by atoms with Crippen LogP contribution in [-0.4, -0.2) is 40.8 Å². The van der Waals surface area contributed by atoms with Crippen molar-refractivity contribution in [2.75, 3.05) is 12.5 Å². The van der Waals surface area contributed by atoms with Crippen LogP contribution < -0.4 is 0 Å². The average Bonchev–Trinajstić information content (AvgIpc) is 2.80. The zero-order valence-corrected chi connectivity index (χ0v) is 20.3. The van der Waals surface area contributed by atoms with E-state index < -0.39 is 20.2 Å². The second-order valence-corrected chi connectivity index (χ2v) is 10.2. The quantitative estimate of drug-likeness (QED) is 0.347. The van der Waals surface area contributed by atoms with Crippen molar-refractivity contribution in [3.05, 3.63) is 82.9 Å². The van der Waals surface area contributed by atoms with Crippen molar-refractivity contribution in [1.82, 2.24) is 0 Å². The van der Waals surface area contributed by atoms with Gasteiger partial charge < -0.3 is 0 Å². The zero-order chi connectivity index (χ0) is 25.9. The van der Waals surface area contributed by atoms with Gasteiger partial charge in [-0.3, -0.25) is 8.57 Å². The Morgan fingerprint density at radius 3 is 1.37 bits per heavy atom. The summed E-state index contributed by atoms with van der Waals surface area (Å²) in [5.41, 5.74) is 3.26. The summed E-state index contributed by atoms with van der Waals surface area (Å²) >= 11 is 0. The molecule has 35 heavy (non-hydrogen) atoms. The van der Waals surface area contributed by atoms with Crippen LogP contribution >= 0.6 is 0 Å². The zero-order valence-electron chi connectivity index (χ0n) is 18.7. The van der Waals surface area contributed by atoms with E-state index in [9.17, 15) is 16.8 Å². The highest BCUT2D eigenvalue weighted by molar-refractivity contribution is 7.86. The molecular weight excluding hydrogens is 492 g/mol. The summed E-state index contributed by atoms with van der Waals surface area (Å²) in [6.07, 6.45) is 8.24. The fraction of sp³-hybridized carbons (Fsp3) is 0.130. The summed E-state index contributed by atoms with van der Waals surface area (Å²) in [6, 6.07) is 18.5. The van der Waals surface area contributed by atoms with E-state index in [0.717, 1.165) is 34.8 Å². The molecule has 0 atom stereocenters. The Hall–Kier alpha value is -4.26. The third-order valence-corrected chi connectivity index (χ3v) is 4.70. The lowest BCUT2D eigenvalue weighted by atomic mass is 10.0. The summed E-state index contributed by atoms with van der Waals surface area (Å²) in [4.78, 5) is 0. The fourth-order valence-corrected chi connectivity index (χ4v) is 2.90. The highest BCUT2D eigenvalue weighted by atomic mass is 32.2. The molecule has 0 fully saturated rings. The minimum atomic E-state index is -3.79. The number of hydrogen-bond acceptors (Lipinski definition) is 10. The number of hydrogen-bond donors (Lipinski definition) is 0. The molecule has 0 heterocycles. The molecule has 0 saturated heterocycles. The second-order valence-electron chi connectivity index (χ2n) is 7.06. The number of oxime groups is 2. The average molecular weight is 513 g/mol. The first-order valence-electron chi connectivity index (χ1n) is 9.75. The maximum atomic E-state index is 11.0. The first-order chi connectivity index (χ1) is 16.5. The molecule has 10 nitrogen and oxygen atoms in total. The number of allylic oxidation sites excluding steroid dienone is 2. The highest BCUT2D eigenvalue weighted by Gasteiger charge is 2.03. The normalized spacial score (nSPS) is 12.9. The third-order valence-electron chi connectivity index (χ3n) is 4.01. The van der Waals surface area contributed by atoms with E-state index in [1.54, 1.807) is 24.3 Å². The summed E-state index contributed by atoms with van der Waals surface area (Å²) in [5.74, 6) is 0. The summed E-state index contributed by atoms with van der Waals surface area (Å²) in [5, 5.41) is 24.6. The lowest BCUT2D eigenvalue weighted by molar-refractivity contribution is 0.343. The van der Waals surface area contributed by atoms with E-state index in [1.165, 1.54) is 12.2 Å². The van der Waals surface area contributed by atoms with Crippen LogP contribution in [0.2, 0.25) is 0 Å². The Labute approximate surface area is 204 Å². The Bertz CT molecular complexity index is 1340. The Kier molecular flexibility index (Phi) is 9.46. The van der Waals surface area contributed by atoms with Gasteiger partial charge in [-0.25, -0.2) is 0 Å². The molecular formula is C23H20N4O6S2. The van der Waals surface area contributed by atoms with Crippen LogP contribution in [0.1, 0.15) is 22.3 Å². The van der Waals surface area contributed by atoms with Gasteiger partial charge in [0.05, 0.1) is 12.5 Å². The molecule has 0 aliphatic heterocycles. The molecule has 0 bridgehead atoms. The van der Waals surface area contributed by atoms with Crippen molar-refractivity contribution in [3.8, 4) is 12.1 Å². The van der Waals surface area contributed by atoms with Gasteiger partial charge in [0.1, 0.15) is 12.1 Å². The number of rotatable bonds is 10. The molecule has 2 aromatic carbocycles. The molecule has 180 valence electrons. The number of nitriles is 2. The van der Waals surface area contributed by atoms with Crippen molar-refractivity contribution in [1.29, 1.82) is 10.5 Å². The maximum absolute atomic E-state index is 11.0. The van der Waals surface area contributed by atoms with E-state index >= 15 is 0 Å². The summed E-state index contributed by atoms with van der Waals surface area (Å²) in [7, 11) is -7.57. The molecule has 0 radical (unpaired) electrons. The van der Waals surface area contributed by atoms with E-state index in [0.29, 0.717) is 6.42 Å². The number of benzene rings is 2. The van der Waals surface area contributed by atoms with E-state index in [4.69, 9.17) is 10.5 Å². The minimum Gasteiger partial charge on any atom is -0.267 e. The van der Waals surface area contributed by atoms with E-state index in [2.05, 4.69) is 18.9 Å². The van der Waals surface area contributed by atoms with Gasteiger partial charge in [0.25, 0.3) is 0 Å². The summed E-state index contributed by atoms with van der Waals surface area (Å²) in [6.45, 7) is 0. The first kappa shape index (κ1) is 27.0. The van der Waals surface area contributed by atoms with Crippen molar-refractivity contribution in [2.24, 2.45) is 10.3 Å². The standard InChI is InChI=1S/C23H20N4O6S2/c1-34(28,29)32-26-22(16-24)13-11-18-3-7-20(8-4-18)15-21-9-5-19(6-10-21)12-14-23(17-25)27-33-35(2,30)31/h3-14H,15H2,1-2H3. The van der Waals surface area contributed by atoms with Crippen molar-refractivity contribution >= 4 is 43.8 Å². The molecule has 0 saturated carbocycles. The first-order valence-corrected chi connectivity index (χ1v) is 13.4. The van der Waals surface area contributed by atoms with Gasteiger partial charge >= 0.3 is 20.2 Å². The lowest BCUT2D eigenvalue weighted by Gasteiger charge is -2.04. The minimum absolute atomic E-state index is 0.190. The lowest BCUT2D eigenvalue weighted by Crippen LogP contribution is -1.99. The second kappa shape index (κ2) is 12.3. The van der Waals surface area contributed by atoms with Crippen LogP contribution in [0.25, 0.3) is 12.2 Å². The van der Waals surface area contributed by atoms with Gasteiger partial charge in [-0.1, -0.05) is 71.0 Å². The van der Waals surface area contributed by atoms with Gasteiger partial charge in [0.15, 0.2) is 11.4 Å². The van der Waals surface area contributed by atoms with E-state index in [1.807, 2.05) is 48.5 Å². The monoisotopic (exact) mass is 512 g/mol. The molecule has 12 heteroatoms. The third kappa shape index (κ3) is 10.9. The topological polar surface area (TPSA) is 159 Å². The van der Waals surface area contributed by atoms with Crippen LogP contribution in [0, 0.1) is 22.7 Å². The van der Waals surface area contributed by atoms with Crippen LogP contribution in [0.3, 0.4) is 0 Å². The molecule has 0 unspecified atom stereocenters. The smallest absolute Gasteiger partial charge is 0.267 e. The number of nitrogens with zero attached hydrogens (tertiary/aromatic N) is 4. The Balaban J connectivity index is 2.01. The van der Waals surface area contributed by atoms with Crippen LogP contribution in [0.5, 0.6) is 0 Å². The van der Waals surface area contributed by atoms with Gasteiger partial charge in [-0.2, -0.15) is 27.4 Å². The van der Waals surface area contributed by atoms with Gasteiger partial charge in [-0.05, 0) is 40.8 Å². The largest absolute Gasteiger partial charge is 0.325 e. The molecule has 2 rings (SSSR count). The predicted molar refractivity (Wildman–Crippen MR) is 132 cm³/mol. The van der Waals surface area contributed by atoms with Crippen molar-refractivity contribution < 1.29 is 25.4 Å². The molecule has 0 spiro atoms.